The van der Waals surface area contributed by atoms with Crippen LogP contribution < -0.4 is 16.4 Å². The lowest BCUT2D eigenvalue weighted by molar-refractivity contribution is -0.116. The summed E-state index contributed by atoms with van der Waals surface area (Å²) in [6.07, 6.45) is 1.66. The van der Waals surface area contributed by atoms with Crippen LogP contribution in [0.2, 0.25) is 0 Å². The van der Waals surface area contributed by atoms with E-state index in [2.05, 4.69) is 4.98 Å². The number of hydrogen-bond donors (Lipinski definition) is 2. The Morgan fingerprint density at radius 2 is 2.18 bits per heavy atom. The van der Waals surface area contributed by atoms with Crippen molar-refractivity contribution >= 4 is 28.9 Å². The predicted molar refractivity (Wildman–Crippen MR) is 71.9 cm³/mol. The molecule has 1 aromatic heterocycles. The molecule has 1 aromatic rings. The summed E-state index contributed by atoms with van der Waals surface area (Å²) in [5, 5.41) is 0. The third-order valence-corrected chi connectivity index (χ3v) is 2.62. The molecule has 0 bridgehead atoms. The molecule has 1 heterocycles. The Labute approximate surface area is 106 Å². The van der Waals surface area contributed by atoms with Gasteiger partial charge in [0.05, 0.1) is 12.1 Å². The molecule has 5 nitrogen and oxygen atoms in total. The van der Waals surface area contributed by atoms with Crippen LogP contribution in [-0.2, 0) is 4.79 Å². The molecule has 0 unspecified atom stereocenters. The molecule has 6 heteroatoms. The maximum atomic E-state index is 11.0. The normalized spacial score (nSPS) is 10.0. The van der Waals surface area contributed by atoms with Crippen molar-refractivity contribution in [2.75, 3.05) is 18.0 Å². The van der Waals surface area contributed by atoms with Crippen molar-refractivity contribution in [3.8, 4) is 0 Å². The molecular weight excluding hydrogens is 236 g/mol. The molecule has 0 saturated heterocycles. The van der Waals surface area contributed by atoms with E-state index in [1.807, 2.05) is 19.9 Å². The zero-order valence-corrected chi connectivity index (χ0v) is 10.8. The fourth-order valence-electron chi connectivity index (χ4n) is 1.61. The molecule has 0 aliphatic carbocycles. The summed E-state index contributed by atoms with van der Waals surface area (Å²) in [4.78, 5) is 17.3. The molecule has 0 fully saturated rings. The minimum atomic E-state index is -0.413. The highest BCUT2D eigenvalue weighted by Gasteiger charge is 2.16. The van der Waals surface area contributed by atoms with E-state index in [0.29, 0.717) is 17.9 Å². The van der Waals surface area contributed by atoms with Crippen LogP contribution in [0, 0.1) is 6.92 Å². The van der Waals surface area contributed by atoms with E-state index in [1.165, 1.54) is 0 Å². The molecule has 4 N–H and O–H groups in total. The van der Waals surface area contributed by atoms with Crippen LogP contribution in [0.5, 0.6) is 0 Å². The average Bonchev–Trinajstić information content (AvgIpc) is 2.24. The summed E-state index contributed by atoms with van der Waals surface area (Å²) in [6.45, 7) is 4.52. The van der Waals surface area contributed by atoms with Crippen molar-refractivity contribution in [2.24, 2.45) is 11.5 Å². The van der Waals surface area contributed by atoms with Gasteiger partial charge in [0, 0.05) is 12.7 Å². The zero-order chi connectivity index (χ0) is 13.0. The van der Waals surface area contributed by atoms with Gasteiger partial charge in [-0.25, -0.2) is 4.98 Å². The Balaban J connectivity index is 3.23. The molecule has 0 aromatic carbocycles. The molecular formula is C11H16N4OS. The minimum Gasteiger partial charge on any atom is -0.389 e. The molecule has 0 aliphatic heterocycles. The highest BCUT2D eigenvalue weighted by atomic mass is 32.1. The van der Waals surface area contributed by atoms with Gasteiger partial charge < -0.3 is 16.4 Å². The fraction of sp³-hybridized carbons (Fsp3) is 0.364. The molecule has 0 radical (unpaired) electrons. The van der Waals surface area contributed by atoms with Crippen molar-refractivity contribution < 1.29 is 4.79 Å². The molecule has 0 spiro atoms. The van der Waals surface area contributed by atoms with Gasteiger partial charge in [0.15, 0.2) is 0 Å². The van der Waals surface area contributed by atoms with E-state index in [1.54, 1.807) is 11.1 Å². The van der Waals surface area contributed by atoms with Crippen molar-refractivity contribution in [1.29, 1.82) is 0 Å². The van der Waals surface area contributed by atoms with Crippen molar-refractivity contribution in [1.82, 2.24) is 4.98 Å². The summed E-state index contributed by atoms with van der Waals surface area (Å²) in [7, 11) is 0. The van der Waals surface area contributed by atoms with E-state index in [-0.39, 0.29) is 11.5 Å². The lowest BCUT2D eigenvalue weighted by Crippen LogP contribution is -2.35. The number of primary amides is 1. The van der Waals surface area contributed by atoms with E-state index in [0.717, 1.165) is 5.56 Å². The number of carbonyl (C=O) groups is 1. The number of nitrogens with two attached hydrogens (primary N) is 2. The standard InChI is InChI=1S/C11H16N4OS/c1-3-15(6-8(12)16)11-9(10(13)17)7(2)4-5-14-11/h4-5H,3,6H2,1-2H3,(H2,12,16)(H2,13,17). The first-order chi connectivity index (χ1) is 7.97. The van der Waals surface area contributed by atoms with Gasteiger partial charge in [-0.2, -0.15) is 0 Å². The van der Waals surface area contributed by atoms with E-state index in [9.17, 15) is 4.79 Å². The van der Waals surface area contributed by atoms with Crippen LogP contribution in [-0.4, -0.2) is 29.0 Å². The smallest absolute Gasteiger partial charge is 0.236 e. The third kappa shape index (κ3) is 3.13. The maximum Gasteiger partial charge on any atom is 0.236 e. The van der Waals surface area contributed by atoms with E-state index in [4.69, 9.17) is 23.7 Å². The van der Waals surface area contributed by atoms with Gasteiger partial charge >= 0.3 is 0 Å². The van der Waals surface area contributed by atoms with Crippen LogP contribution in [0.3, 0.4) is 0 Å². The first-order valence-electron chi connectivity index (χ1n) is 5.26. The summed E-state index contributed by atoms with van der Waals surface area (Å²) >= 11 is 5.01. The number of hydrogen-bond acceptors (Lipinski definition) is 4. The van der Waals surface area contributed by atoms with E-state index >= 15 is 0 Å². The number of rotatable bonds is 5. The molecule has 1 amide bonds. The van der Waals surface area contributed by atoms with Crippen LogP contribution in [0.4, 0.5) is 5.82 Å². The van der Waals surface area contributed by atoms with Crippen LogP contribution >= 0.6 is 12.2 Å². The highest BCUT2D eigenvalue weighted by molar-refractivity contribution is 7.80. The number of likely N-dealkylation sites (N-methyl/N-ethyl adjacent to an activating group) is 1. The summed E-state index contributed by atoms with van der Waals surface area (Å²) in [5.41, 5.74) is 12.5. The number of amides is 1. The van der Waals surface area contributed by atoms with Crippen molar-refractivity contribution in [3.05, 3.63) is 23.4 Å². The summed E-state index contributed by atoms with van der Waals surface area (Å²) in [6, 6.07) is 1.83. The monoisotopic (exact) mass is 252 g/mol. The second-order valence-corrected chi connectivity index (χ2v) is 4.11. The largest absolute Gasteiger partial charge is 0.389 e. The number of pyridine rings is 1. The van der Waals surface area contributed by atoms with Crippen LogP contribution in [0.15, 0.2) is 12.3 Å². The second-order valence-electron chi connectivity index (χ2n) is 3.67. The molecule has 17 heavy (non-hydrogen) atoms. The number of thiocarbonyl (C=S) groups is 1. The van der Waals surface area contributed by atoms with Crippen molar-refractivity contribution in [3.63, 3.8) is 0 Å². The fourth-order valence-corrected chi connectivity index (χ4v) is 1.87. The Morgan fingerprint density at radius 3 is 2.65 bits per heavy atom. The number of anilines is 1. The Kier molecular flexibility index (Phi) is 4.39. The third-order valence-electron chi connectivity index (χ3n) is 2.41. The van der Waals surface area contributed by atoms with Gasteiger partial charge in [0.1, 0.15) is 10.8 Å². The molecule has 1 rings (SSSR count). The van der Waals surface area contributed by atoms with Crippen LogP contribution in [0.1, 0.15) is 18.1 Å². The predicted octanol–water partition coefficient (Wildman–Crippen LogP) is 0.336. The zero-order valence-electron chi connectivity index (χ0n) is 9.93. The summed E-state index contributed by atoms with van der Waals surface area (Å²) in [5.74, 6) is 0.197. The Morgan fingerprint density at radius 1 is 1.53 bits per heavy atom. The quantitative estimate of drug-likeness (QED) is 0.738. The number of nitrogens with zero attached hydrogens (tertiary/aromatic N) is 2. The maximum absolute atomic E-state index is 11.0. The Bertz CT molecular complexity index is 447. The molecule has 92 valence electrons. The van der Waals surface area contributed by atoms with Gasteiger partial charge in [-0.3, -0.25) is 4.79 Å². The molecule has 0 saturated carbocycles. The summed E-state index contributed by atoms with van der Waals surface area (Å²) < 4.78 is 0. The lowest BCUT2D eigenvalue weighted by Gasteiger charge is -2.23. The van der Waals surface area contributed by atoms with Gasteiger partial charge in [-0.15, -0.1) is 0 Å². The van der Waals surface area contributed by atoms with Gasteiger partial charge in [0.25, 0.3) is 0 Å². The first kappa shape index (κ1) is 13.4. The lowest BCUT2D eigenvalue weighted by atomic mass is 10.1. The number of aromatic nitrogens is 1. The Hall–Kier alpha value is -1.69. The van der Waals surface area contributed by atoms with E-state index < -0.39 is 5.91 Å². The number of aryl methyl sites for hydroxylation is 1. The molecule has 0 aliphatic rings. The second kappa shape index (κ2) is 5.58. The first-order valence-corrected chi connectivity index (χ1v) is 5.66. The molecule has 0 atom stereocenters. The van der Waals surface area contributed by atoms with Crippen molar-refractivity contribution in [2.45, 2.75) is 13.8 Å². The van der Waals surface area contributed by atoms with Gasteiger partial charge in [-0.05, 0) is 25.5 Å². The van der Waals surface area contributed by atoms with Gasteiger partial charge in [0.2, 0.25) is 5.91 Å². The van der Waals surface area contributed by atoms with Crippen LogP contribution in [0.25, 0.3) is 0 Å². The average molecular weight is 252 g/mol. The topological polar surface area (TPSA) is 85.2 Å². The van der Waals surface area contributed by atoms with Gasteiger partial charge in [-0.1, -0.05) is 12.2 Å². The number of carbonyl (C=O) groups excluding carboxylic acids is 1. The SMILES string of the molecule is CCN(CC(N)=O)c1nccc(C)c1C(N)=S. The highest BCUT2D eigenvalue weighted by Crippen LogP contribution is 2.20. The minimum absolute atomic E-state index is 0.0998.